The maximum Gasteiger partial charge on any atom is 0.221 e. The third kappa shape index (κ3) is 3.75. The predicted molar refractivity (Wildman–Crippen MR) is 74.4 cm³/mol. The first-order valence-electron chi connectivity index (χ1n) is 6.21. The van der Waals surface area contributed by atoms with Gasteiger partial charge in [-0.3, -0.25) is 4.79 Å². The highest BCUT2D eigenvalue weighted by Crippen LogP contribution is 2.20. The van der Waals surface area contributed by atoms with Crippen molar-refractivity contribution >= 4 is 17.3 Å². The van der Waals surface area contributed by atoms with Gasteiger partial charge in [-0.25, -0.2) is 13.2 Å². The maximum atomic E-state index is 13.1. The molecule has 0 saturated heterocycles. The van der Waals surface area contributed by atoms with E-state index in [9.17, 15) is 18.0 Å². The van der Waals surface area contributed by atoms with E-state index in [4.69, 9.17) is 0 Å². The van der Waals surface area contributed by atoms with Crippen molar-refractivity contribution in [3.8, 4) is 0 Å². The molecule has 21 heavy (non-hydrogen) atoms. The molecule has 0 aromatic heterocycles. The third-order valence-corrected chi connectivity index (χ3v) is 2.79. The SMILES string of the molecule is CC(=O)Nc1ccccc1CNc1cc(F)c(F)c(F)c1. The lowest BCUT2D eigenvalue weighted by atomic mass is 10.1. The molecule has 0 atom stereocenters. The summed E-state index contributed by atoms with van der Waals surface area (Å²) >= 11 is 0. The Labute approximate surface area is 119 Å². The lowest BCUT2D eigenvalue weighted by molar-refractivity contribution is -0.114. The lowest BCUT2D eigenvalue weighted by Crippen LogP contribution is -2.10. The van der Waals surface area contributed by atoms with Crippen molar-refractivity contribution in [3.63, 3.8) is 0 Å². The topological polar surface area (TPSA) is 41.1 Å². The molecular formula is C15H13F3N2O. The normalized spacial score (nSPS) is 10.3. The third-order valence-electron chi connectivity index (χ3n) is 2.79. The predicted octanol–water partition coefficient (Wildman–Crippen LogP) is 3.67. The van der Waals surface area contributed by atoms with Gasteiger partial charge in [-0.15, -0.1) is 0 Å². The second-order valence-electron chi connectivity index (χ2n) is 4.45. The fourth-order valence-electron chi connectivity index (χ4n) is 1.84. The van der Waals surface area contributed by atoms with Gasteiger partial charge < -0.3 is 10.6 Å². The molecule has 6 heteroatoms. The van der Waals surface area contributed by atoms with Gasteiger partial charge in [0.1, 0.15) is 0 Å². The Hall–Kier alpha value is -2.50. The van der Waals surface area contributed by atoms with Crippen LogP contribution in [-0.4, -0.2) is 5.91 Å². The minimum Gasteiger partial charge on any atom is -0.381 e. The van der Waals surface area contributed by atoms with Crippen LogP contribution in [0.2, 0.25) is 0 Å². The van der Waals surface area contributed by atoms with E-state index >= 15 is 0 Å². The smallest absolute Gasteiger partial charge is 0.221 e. The fraction of sp³-hybridized carbons (Fsp3) is 0.133. The number of rotatable bonds is 4. The van der Waals surface area contributed by atoms with Gasteiger partial charge in [-0.2, -0.15) is 0 Å². The highest BCUT2D eigenvalue weighted by Gasteiger charge is 2.10. The molecule has 3 nitrogen and oxygen atoms in total. The van der Waals surface area contributed by atoms with E-state index in [0.717, 1.165) is 17.7 Å². The molecule has 0 unspecified atom stereocenters. The molecule has 2 aromatic rings. The summed E-state index contributed by atoms with van der Waals surface area (Å²) in [7, 11) is 0. The number of anilines is 2. The Bertz CT molecular complexity index is 651. The molecule has 2 rings (SSSR count). The Kier molecular flexibility index (Phi) is 4.47. The van der Waals surface area contributed by atoms with Crippen LogP contribution < -0.4 is 10.6 Å². The highest BCUT2D eigenvalue weighted by atomic mass is 19.2. The summed E-state index contributed by atoms with van der Waals surface area (Å²) in [6.45, 7) is 1.61. The molecular weight excluding hydrogens is 281 g/mol. The van der Waals surface area contributed by atoms with Crippen molar-refractivity contribution in [2.24, 2.45) is 0 Å². The van der Waals surface area contributed by atoms with Gasteiger partial charge in [0.15, 0.2) is 17.5 Å². The summed E-state index contributed by atoms with van der Waals surface area (Å²) in [5, 5.41) is 5.44. The molecule has 0 spiro atoms. The summed E-state index contributed by atoms with van der Waals surface area (Å²) in [6, 6.07) is 8.75. The quantitative estimate of drug-likeness (QED) is 0.845. The highest BCUT2D eigenvalue weighted by molar-refractivity contribution is 5.89. The average molecular weight is 294 g/mol. The van der Waals surface area contributed by atoms with Crippen LogP contribution in [0.4, 0.5) is 24.5 Å². The number of para-hydroxylation sites is 1. The van der Waals surface area contributed by atoms with Crippen molar-refractivity contribution in [1.82, 2.24) is 0 Å². The van der Waals surface area contributed by atoms with Crippen molar-refractivity contribution in [3.05, 3.63) is 59.4 Å². The summed E-state index contributed by atoms with van der Waals surface area (Å²) in [5.41, 5.74) is 1.45. The Morgan fingerprint density at radius 3 is 2.33 bits per heavy atom. The molecule has 0 aliphatic heterocycles. The summed E-state index contributed by atoms with van der Waals surface area (Å²) < 4.78 is 39.1. The van der Waals surface area contributed by atoms with E-state index < -0.39 is 17.5 Å². The van der Waals surface area contributed by atoms with Crippen molar-refractivity contribution < 1.29 is 18.0 Å². The average Bonchev–Trinajstić information content (AvgIpc) is 2.43. The zero-order valence-electron chi connectivity index (χ0n) is 11.2. The minimum atomic E-state index is -1.50. The van der Waals surface area contributed by atoms with Crippen molar-refractivity contribution in [2.45, 2.75) is 13.5 Å². The number of nitrogens with one attached hydrogen (secondary N) is 2. The number of benzene rings is 2. The number of hydrogen-bond acceptors (Lipinski definition) is 2. The monoisotopic (exact) mass is 294 g/mol. The minimum absolute atomic E-state index is 0.115. The molecule has 0 bridgehead atoms. The summed E-state index contributed by atoms with van der Waals surface area (Å²) in [4.78, 5) is 11.1. The van der Waals surface area contributed by atoms with Gasteiger partial charge in [0.2, 0.25) is 5.91 Å². The number of carbonyl (C=O) groups is 1. The zero-order valence-corrected chi connectivity index (χ0v) is 11.2. The number of carbonyl (C=O) groups excluding carboxylic acids is 1. The second-order valence-corrected chi connectivity index (χ2v) is 4.45. The summed E-state index contributed by atoms with van der Waals surface area (Å²) in [6.07, 6.45) is 0. The lowest BCUT2D eigenvalue weighted by Gasteiger charge is -2.12. The van der Waals surface area contributed by atoms with E-state index in [2.05, 4.69) is 10.6 Å². The first-order chi connectivity index (χ1) is 9.97. The zero-order chi connectivity index (χ0) is 15.4. The number of amides is 1. The van der Waals surface area contributed by atoms with Crippen molar-refractivity contribution in [2.75, 3.05) is 10.6 Å². The van der Waals surface area contributed by atoms with Gasteiger partial charge >= 0.3 is 0 Å². The van der Waals surface area contributed by atoms with Crippen LogP contribution in [0.3, 0.4) is 0 Å². The second kappa shape index (κ2) is 6.30. The summed E-state index contributed by atoms with van der Waals surface area (Å²) in [5.74, 6) is -4.24. The van der Waals surface area contributed by atoms with Crippen molar-refractivity contribution in [1.29, 1.82) is 0 Å². The Morgan fingerprint density at radius 1 is 1.10 bits per heavy atom. The van der Waals surface area contributed by atoms with E-state index in [1.54, 1.807) is 24.3 Å². The number of halogens is 3. The van der Waals surface area contributed by atoms with E-state index in [1.165, 1.54) is 6.92 Å². The molecule has 0 aliphatic carbocycles. The van der Waals surface area contributed by atoms with E-state index in [0.29, 0.717) is 5.69 Å². The van der Waals surface area contributed by atoms with E-state index in [-0.39, 0.29) is 18.1 Å². The van der Waals surface area contributed by atoms with Gasteiger partial charge in [-0.1, -0.05) is 18.2 Å². The molecule has 0 radical (unpaired) electrons. The Morgan fingerprint density at radius 2 is 1.71 bits per heavy atom. The van der Waals surface area contributed by atoms with Gasteiger partial charge in [0, 0.05) is 37.0 Å². The molecule has 2 N–H and O–H groups in total. The Balaban J connectivity index is 2.15. The molecule has 1 amide bonds. The molecule has 0 aliphatic rings. The maximum absolute atomic E-state index is 13.1. The molecule has 0 saturated carbocycles. The van der Waals surface area contributed by atoms with Gasteiger partial charge in [0.25, 0.3) is 0 Å². The molecule has 2 aromatic carbocycles. The largest absolute Gasteiger partial charge is 0.381 e. The first-order valence-corrected chi connectivity index (χ1v) is 6.21. The van der Waals surface area contributed by atoms with E-state index in [1.807, 2.05) is 0 Å². The van der Waals surface area contributed by atoms with Crippen LogP contribution in [0.5, 0.6) is 0 Å². The first kappa shape index (κ1) is 14.9. The molecule has 0 fully saturated rings. The molecule has 0 heterocycles. The van der Waals surface area contributed by atoms with Crippen LogP contribution in [0.15, 0.2) is 36.4 Å². The van der Waals surface area contributed by atoms with Crippen LogP contribution in [0.1, 0.15) is 12.5 Å². The molecule has 110 valence electrons. The van der Waals surface area contributed by atoms with Crippen LogP contribution in [-0.2, 0) is 11.3 Å². The van der Waals surface area contributed by atoms with Crippen LogP contribution in [0.25, 0.3) is 0 Å². The van der Waals surface area contributed by atoms with Crippen LogP contribution >= 0.6 is 0 Å². The van der Waals surface area contributed by atoms with Crippen LogP contribution in [0, 0.1) is 17.5 Å². The fourth-order valence-corrected chi connectivity index (χ4v) is 1.84. The van der Waals surface area contributed by atoms with Gasteiger partial charge in [-0.05, 0) is 11.6 Å². The standard InChI is InChI=1S/C15H13F3N2O/c1-9(21)20-14-5-3-2-4-10(14)8-19-11-6-12(16)15(18)13(17)7-11/h2-7,19H,8H2,1H3,(H,20,21). The van der Waals surface area contributed by atoms with Gasteiger partial charge in [0.05, 0.1) is 0 Å². The number of hydrogen-bond donors (Lipinski definition) is 2.